The number of aliphatic hydroxyl groups is 3. The molecule has 24 heteroatoms. The summed E-state index contributed by atoms with van der Waals surface area (Å²) in [6.07, 6.45) is 5.40. The number of esters is 1. The Morgan fingerprint density at radius 3 is 2.30 bits per heavy atom. The van der Waals surface area contributed by atoms with Gasteiger partial charge in [0.1, 0.15) is 40.2 Å². The van der Waals surface area contributed by atoms with Gasteiger partial charge in [-0.15, -0.1) is 0 Å². The highest BCUT2D eigenvalue weighted by molar-refractivity contribution is 6.21. The number of aromatic hydroxyl groups is 2. The van der Waals surface area contributed by atoms with E-state index in [0.717, 1.165) is 19.6 Å². The number of nitrogens with zero attached hydrogens (tertiary/aromatic N) is 7. The molecule has 1 spiro atoms. The van der Waals surface area contributed by atoms with Crippen molar-refractivity contribution in [2.24, 2.45) is 44.7 Å². The molecule has 0 unspecified atom stereocenters. The number of phenolic OH excluding ortho intramolecular Hbond substituents is 2. The predicted molar refractivity (Wildman–Crippen MR) is 292 cm³/mol. The number of hydrogen-bond donors (Lipinski definition) is 7. The van der Waals surface area contributed by atoms with E-state index in [2.05, 4.69) is 44.1 Å². The Hall–Kier alpha value is -6.92. The molecule has 12 atom stereocenters. The number of Topliss-reactive ketones (excluding diaryl/α,β-unsaturated/α-hetero) is 1. The van der Waals surface area contributed by atoms with Crippen molar-refractivity contribution in [3.05, 3.63) is 101 Å². The van der Waals surface area contributed by atoms with Gasteiger partial charge < -0.3 is 59.4 Å². The Bertz CT molecular complexity index is 3280. The number of rotatable bonds is 7. The number of nitrogens with one attached hydrogen (secondary N) is 2. The second kappa shape index (κ2) is 24.4. The van der Waals surface area contributed by atoms with Crippen LogP contribution in [0.5, 0.6) is 17.2 Å². The molecule has 1 amide bonds. The number of ketones is 1. The molecule has 4 bridgehead atoms. The van der Waals surface area contributed by atoms with Crippen molar-refractivity contribution in [1.29, 1.82) is 0 Å². The third kappa shape index (κ3) is 12.1. The average molecular weight is 1110 g/mol. The van der Waals surface area contributed by atoms with Crippen molar-refractivity contribution >= 4 is 34.1 Å². The summed E-state index contributed by atoms with van der Waals surface area (Å²) < 4.78 is 30.7. The number of aromatic amines is 1. The quantitative estimate of drug-likeness (QED) is 0.0561. The van der Waals surface area contributed by atoms with Crippen molar-refractivity contribution in [3.63, 3.8) is 0 Å². The van der Waals surface area contributed by atoms with Crippen LogP contribution in [0.2, 0.25) is 0 Å². The molecule has 2 fully saturated rings. The van der Waals surface area contributed by atoms with E-state index in [1.807, 2.05) is 0 Å². The summed E-state index contributed by atoms with van der Waals surface area (Å²) in [6.45, 7) is 20.8. The lowest BCUT2D eigenvalue weighted by Crippen LogP contribution is -2.47. The van der Waals surface area contributed by atoms with Gasteiger partial charge in [-0.25, -0.2) is 9.79 Å². The number of H-pyrrole nitrogens is 1. The maximum absolute atomic E-state index is 14.7. The maximum atomic E-state index is 14.7. The largest absolute Gasteiger partial charge is 0.507 e. The molecule has 80 heavy (non-hydrogen) atoms. The minimum absolute atomic E-state index is 0.0538. The van der Waals surface area contributed by atoms with Crippen molar-refractivity contribution in [2.75, 3.05) is 38.7 Å². The van der Waals surface area contributed by atoms with Crippen LogP contribution < -0.4 is 32.0 Å². The highest BCUT2D eigenvalue weighted by atomic mass is 16.7. The van der Waals surface area contributed by atoms with Gasteiger partial charge >= 0.3 is 17.4 Å². The van der Waals surface area contributed by atoms with E-state index in [0.29, 0.717) is 30.0 Å². The third-order valence-electron chi connectivity index (χ3n) is 16.0. The fourth-order valence-corrected chi connectivity index (χ4v) is 11.3. The van der Waals surface area contributed by atoms with E-state index in [1.54, 1.807) is 72.8 Å². The molecule has 0 saturated carbocycles. The number of aryl methyl sites for hydroxylation is 1. The first-order valence-corrected chi connectivity index (χ1v) is 26.9. The van der Waals surface area contributed by atoms with Crippen LogP contribution in [0.3, 0.4) is 0 Å². The molecule has 2 aromatic carbocycles. The number of phenols is 2. The van der Waals surface area contributed by atoms with E-state index < -0.39 is 113 Å². The maximum Gasteiger partial charge on any atom is 0.330 e. The number of carbonyl (C=O) groups is 3. The number of carbonyl (C=O) groups excluding carboxylic acids is 3. The Morgan fingerprint density at radius 1 is 0.988 bits per heavy atom. The van der Waals surface area contributed by atoms with E-state index in [9.17, 15) is 44.4 Å². The van der Waals surface area contributed by atoms with Crippen LogP contribution in [-0.2, 0) is 28.5 Å². The molecule has 2 saturated heterocycles. The zero-order chi connectivity index (χ0) is 58.9. The molecule has 5 aliphatic rings. The summed E-state index contributed by atoms with van der Waals surface area (Å²) in [4.78, 5) is 80.7. The van der Waals surface area contributed by atoms with Crippen molar-refractivity contribution in [3.8, 4) is 17.2 Å². The first-order valence-electron chi connectivity index (χ1n) is 26.9. The third-order valence-corrected chi connectivity index (χ3v) is 16.0. The summed E-state index contributed by atoms with van der Waals surface area (Å²) in [7, 11) is 1.47. The van der Waals surface area contributed by atoms with E-state index in [4.69, 9.17) is 39.3 Å². The number of hydrogen-bond acceptors (Lipinski definition) is 19. The first-order chi connectivity index (χ1) is 37.7. The normalized spacial score (nSPS) is 31.1. The summed E-state index contributed by atoms with van der Waals surface area (Å²) >= 11 is 0. The van der Waals surface area contributed by atoms with Gasteiger partial charge in [0.25, 0.3) is 17.2 Å². The zero-order valence-electron chi connectivity index (χ0n) is 47.3. The number of azide groups is 1. The Kier molecular flexibility index (Phi) is 18.5. The van der Waals surface area contributed by atoms with Crippen LogP contribution >= 0.6 is 0 Å². The number of aromatic nitrogens is 2. The monoisotopic (exact) mass is 1110 g/mol. The van der Waals surface area contributed by atoms with Gasteiger partial charge in [0.15, 0.2) is 5.75 Å². The summed E-state index contributed by atoms with van der Waals surface area (Å²) in [6, 6.07) is -0.542. The van der Waals surface area contributed by atoms with Gasteiger partial charge in [-0.2, -0.15) is 0 Å². The van der Waals surface area contributed by atoms with Crippen LogP contribution in [0.4, 0.5) is 5.69 Å². The summed E-state index contributed by atoms with van der Waals surface area (Å²) in [5.41, 5.74) is 7.64. The number of anilines is 1. The Balaban J connectivity index is 0.000000409. The molecule has 5 aliphatic heterocycles. The molecular weight excluding hydrogens is 1040 g/mol. The zero-order valence-corrected chi connectivity index (χ0v) is 47.3. The molecule has 3 aromatic rings. The molecule has 8 rings (SSSR count). The number of piperidine rings is 1. The van der Waals surface area contributed by atoms with Crippen LogP contribution in [0, 0.1) is 43.4 Å². The average Bonchev–Trinajstić information content (AvgIpc) is 4.11. The number of aliphatic hydroxyl groups excluding tert-OH is 3. The lowest BCUT2D eigenvalue weighted by atomic mass is 9.78. The molecule has 0 aliphatic carbocycles. The van der Waals surface area contributed by atoms with Gasteiger partial charge in [0.05, 0.1) is 60.0 Å². The smallest absolute Gasteiger partial charge is 0.330 e. The fraction of sp³-hybridized carbons (Fsp3) is 0.589. The molecule has 7 N–H and O–H groups in total. The van der Waals surface area contributed by atoms with Crippen LogP contribution in [0.15, 0.2) is 67.0 Å². The Labute approximate surface area is 462 Å². The fourth-order valence-electron chi connectivity index (χ4n) is 11.3. The minimum atomic E-state index is -1.95. The second-order valence-electron chi connectivity index (χ2n) is 22.3. The van der Waals surface area contributed by atoms with Gasteiger partial charge in [-0.3, -0.25) is 33.7 Å². The van der Waals surface area contributed by atoms with Gasteiger partial charge in [0.2, 0.25) is 0 Å². The SMILES string of the molecule is CO[C@H]1/C=C/O[C@@]2(C)Oc3c(C)c(O)c4c(O)c(c5c(c4c3C2=O)NC2(CCN(CC(C)C)CC2)N=5)=NC(=O)/C(C)=C\C=C\[C@H](C)[C@H](O)[C@@H](C)[C@@H](O)[C@@H](C)[C@H](OC(C)=O)[C@@H]1C.Cc1cn([C@H]2C[C@H](N=[N+]=[N-])[C@@H](CO)O2)c(=O)[nH]c1=O. The standard InChI is InChI=1S/C46H62N4O11.C10H13N5O4/c1-22(2)21-50-18-16-46(17-19-50)48-34-31-32-39(54)28(8)42-33(31)43(56)45(10,61-42)59-20-15-30(58-11)25(5)41(60-29(9)51)27(7)38(53)26(6)37(52)23(3)13-12-14-24(4)44(57)47-36(40(32)55)35(34)49-46;1-5-3-15(10(18)12-9(5)17)8-2-6(13-14-11)7(4-16)19-8/h12-15,20,22-23,25-27,30,37-38,41,48,52-55H,16-19,21H2,1-11H3;3,6-8,16H,2,4H2,1H3,(H,12,17,18)/b13-12+,20-15+,24-14-,47-36?;/t23-,25+,26+,27+,30-,37-,38+,41+,45-;6-,7+,8+/m00/s1. The number of methoxy groups -OCH3 is 1. The molecular formula is C56H75N9O15. The summed E-state index contributed by atoms with van der Waals surface area (Å²) in [5.74, 6) is -6.57. The van der Waals surface area contributed by atoms with Crippen molar-refractivity contribution < 1.29 is 63.6 Å². The number of allylic oxidation sites excluding steroid dienone is 2. The van der Waals surface area contributed by atoms with Gasteiger partial charge in [0, 0.05) is 117 Å². The number of likely N-dealkylation sites (tertiary alicyclic amines) is 1. The van der Waals surface area contributed by atoms with Crippen LogP contribution in [0.1, 0.15) is 109 Å². The van der Waals surface area contributed by atoms with Crippen molar-refractivity contribution in [1.82, 2.24) is 14.5 Å². The molecule has 6 heterocycles. The first kappa shape index (κ1) is 60.7. The number of amides is 1. The lowest BCUT2D eigenvalue weighted by molar-refractivity contribution is -0.160. The second-order valence-corrected chi connectivity index (χ2v) is 22.3. The predicted octanol–water partition coefficient (Wildman–Crippen LogP) is 4.55. The Morgan fingerprint density at radius 2 is 1.68 bits per heavy atom. The molecule has 0 radical (unpaired) electrons. The van der Waals surface area contributed by atoms with Crippen LogP contribution in [0.25, 0.3) is 21.2 Å². The lowest BCUT2D eigenvalue weighted by Gasteiger charge is -2.38. The van der Waals surface area contributed by atoms with E-state index >= 15 is 0 Å². The van der Waals surface area contributed by atoms with E-state index in [-0.39, 0.29) is 62.7 Å². The topological polar surface area (TPSA) is 342 Å². The number of ether oxygens (including phenoxy) is 5. The molecule has 24 nitrogen and oxygen atoms in total. The molecule has 434 valence electrons. The highest BCUT2D eigenvalue weighted by Crippen LogP contribution is 2.51. The van der Waals surface area contributed by atoms with Crippen molar-refractivity contribution in [2.45, 2.75) is 150 Å². The van der Waals surface area contributed by atoms with Gasteiger partial charge in [-0.1, -0.05) is 64.9 Å². The highest BCUT2D eigenvalue weighted by Gasteiger charge is 2.51. The van der Waals surface area contributed by atoms with Crippen LogP contribution in [-0.4, -0.2) is 139 Å². The van der Waals surface area contributed by atoms with E-state index in [1.165, 1.54) is 38.0 Å². The number of benzene rings is 2. The van der Waals surface area contributed by atoms with Gasteiger partial charge in [-0.05, 0) is 38.3 Å². The number of fused-ring (bicyclic) bond motifs is 1. The minimum Gasteiger partial charge on any atom is -0.507 e. The summed E-state index contributed by atoms with van der Waals surface area (Å²) in [5, 5.41) is 63.2. The molecule has 1 aromatic heterocycles.